The molecule has 0 saturated carbocycles. The molecule has 8 heavy (non-hydrogen) atoms. The topological polar surface area (TPSA) is 56.1 Å². The third kappa shape index (κ3) is 4.32. The van der Waals surface area contributed by atoms with Crippen LogP contribution in [0.2, 0.25) is 0 Å². The third-order valence-corrected chi connectivity index (χ3v) is 0.958. The largest absolute Gasteiger partial charge is 0.365 e. The Kier molecular flexibility index (Phi) is 4.16. The van der Waals surface area contributed by atoms with Crippen LogP contribution in [0.5, 0.6) is 0 Å². The predicted octanol–water partition coefficient (Wildman–Crippen LogP) is 0.674. The van der Waals surface area contributed by atoms with Gasteiger partial charge in [-0.05, 0) is 22.6 Å². The first-order valence-electron chi connectivity index (χ1n) is 2.33. The van der Waals surface area contributed by atoms with Crippen LogP contribution >= 0.6 is 22.6 Å². The molecule has 48 valence electrons. The Morgan fingerprint density at radius 1 is 2.00 bits per heavy atom. The van der Waals surface area contributed by atoms with Gasteiger partial charge in [-0.2, -0.15) is 0 Å². The smallest absolute Gasteiger partial charge is 0.178 e. The number of aliphatic hydroxyl groups excluding tert-OH is 1. The van der Waals surface area contributed by atoms with E-state index in [0.717, 1.165) is 0 Å². The molecule has 0 amide bonds. The number of alkyl halides is 1. The Hall–Kier alpha value is 0.160. The molecule has 0 aliphatic heterocycles. The van der Waals surface area contributed by atoms with Crippen molar-refractivity contribution in [1.82, 2.24) is 5.32 Å². The molecular formula is C4H9IN2O. The van der Waals surface area contributed by atoms with Crippen molar-refractivity contribution in [3.63, 3.8) is 0 Å². The number of rotatable bonds is 2. The summed E-state index contributed by atoms with van der Waals surface area (Å²) in [5.74, 6) is 0.368. The van der Waals surface area contributed by atoms with Gasteiger partial charge < -0.3 is 10.4 Å². The Morgan fingerprint density at radius 2 is 2.50 bits per heavy atom. The highest BCUT2D eigenvalue weighted by molar-refractivity contribution is 14.1. The number of hydrogen-bond donors (Lipinski definition) is 3. The van der Waals surface area contributed by atoms with Crippen molar-refractivity contribution < 1.29 is 5.11 Å². The van der Waals surface area contributed by atoms with E-state index in [1.807, 2.05) is 6.92 Å². The fourth-order valence-electron chi connectivity index (χ4n) is 0.246. The summed E-state index contributed by atoms with van der Waals surface area (Å²) in [6.07, 6.45) is 0.639. The number of aliphatic hydroxyl groups is 1. The van der Waals surface area contributed by atoms with Crippen molar-refractivity contribution in [2.45, 2.75) is 17.6 Å². The molecule has 0 bridgehead atoms. The molecule has 0 rings (SSSR count). The molecule has 1 unspecified atom stereocenters. The van der Waals surface area contributed by atoms with Crippen molar-refractivity contribution >= 4 is 28.4 Å². The quantitative estimate of drug-likeness (QED) is 0.162. The van der Waals surface area contributed by atoms with Gasteiger partial charge in [-0.3, -0.25) is 5.41 Å². The summed E-state index contributed by atoms with van der Waals surface area (Å²) >= 11 is 1.78. The summed E-state index contributed by atoms with van der Waals surface area (Å²) in [4.78, 5) is 0. The van der Waals surface area contributed by atoms with E-state index >= 15 is 0 Å². The fourth-order valence-corrected chi connectivity index (χ4v) is 0.622. The van der Waals surface area contributed by atoms with E-state index in [-0.39, 0.29) is 0 Å². The predicted molar refractivity (Wildman–Crippen MR) is 41.2 cm³/mol. The van der Waals surface area contributed by atoms with Gasteiger partial charge in [-0.15, -0.1) is 0 Å². The van der Waals surface area contributed by atoms with Crippen LogP contribution < -0.4 is 5.32 Å². The van der Waals surface area contributed by atoms with E-state index in [1.165, 1.54) is 0 Å². The molecule has 0 radical (unpaired) electrons. The molecule has 0 saturated heterocycles. The molecule has 0 aliphatic carbocycles. The monoisotopic (exact) mass is 228 g/mol. The second kappa shape index (κ2) is 4.08. The zero-order valence-electron chi connectivity index (χ0n) is 4.61. The summed E-state index contributed by atoms with van der Waals surface area (Å²) in [6, 6.07) is 0. The minimum absolute atomic E-state index is 0.368. The second-order valence-electron chi connectivity index (χ2n) is 1.31. The first kappa shape index (κ1) is 8.16. The van der Waals surface area contributed by atoms with Crippen LogP contribution in [0.15, 0.2) is 0 Å². The van der Waals surface area contributed by atoms with E-state index in [2.05, 4.69) is 5.32 Å². The zero-order valence-corrected chi connectivity index (χ0v) is 6.77. The van der Waals surface area contributed by atoms with Gasteiger partial charge in [0.2, 0.25) is 0 Å². The molecule has 0 aliphatic rings. The SMILES string of the molecule is CCC(=N)NC(O)I. The Bertz CT molecular complexity index is 84.1. The van der Waals surface area contributed by atoms with Crippen molar-refractivity contribution in [3.8, 4) is 0 Å². The number of hydrogen-bond acceptors (Lipinski definition) is 2. The molecule has 0 aromatic carbocycles. The number of amidine groups is 1. The highest BCUT2D eigenvalue weighted by Gasteiger charge is 1.95. The molecule has 3 N–H and O–H groups in total. The fraction of sp³-hybridized carbons (Fsp3) is 0.750. The molecule has 1 atom stereocenters. The molecular weight excluding hydrogens is 219 g/mol. The van der Waals surface area contributed by atoms with Crippen LogP contribution in [0.25, 0.3) is 0 Å². The minimum Gasteiger partial charge on any atom is -0.365 e. The van der Waals surface area contributed by atoms with Crippen LogP contribution in [0.4, 0.5) is 0 Å². The Morgan fingerprint density at radius 3 is 2.62 bits per heavy atom. The molecule has 0 heterocycles. The zero-order chi connectivity index (χ0) is 6.57. The number of nitrogens with one attached hydrogen (secondary N) is 2. The molecule has 3 nitrogen and oxygen atoms in total. The molecule has 0 aromatic rings. The van der Waals surface area contributed by atoms with Crippen LogP contribution in [0, 0.1) is 5.41 Å². The standard InChI is InChI=1S/C4H9IN2O/c1-2-3(6)7-4(5)8/h4,8H,2H2,1H3,(H2,6,7). The summed E-state index contributed by atoms with van der Waals surface area (Å²) < 4.78 is -0.625. The molecule has 4 heteroatoms. The summed E-state index contributed by atoms with van der Waals surface area (Å²) in [5, 5.41) is 18.1. The molecule has 0 aromatic heterocycles. The maximum absolute atomic E-state index is 8.59. The third-order valence-electron chi connectivity index (χ3n) is 0.647. The van der Waals surface area contributed by atoms with Crippen LogP contribution in [0.3, 0.4) is 0 Å². The van der Waals surface area contributed by atoms with Gasteiger partial charge in [0.25, 0.3) is 0 Å². The van der Waals surface area contributed by atoms with Gasteiger partial charge in [0.15, 0.2) is 4.23 Å². The Labute approximate surface area is 62.1 Å². The average molecular weight is 228 g/mol. The van der Waals surface area contributed by atoms with Crippen LogP contribution in [0.1, 0.15) is 13.3 Å². The van der Waals surface area contributed by atoms with Crippen LogP contribution in [-0.4, -0.2) is 15.2 Å². The first-order chi connectivity index (χ1) is 3.66. The lowest BCUT2D eigenvalue weighted by Gasteiger charge is -2.05. The number of halogens is 1. The Balaban J connectivity index is 3.25. The minimum atomic E-state index is -0.625. The first-order valence-corrected chi connectivity index (χ1v) is 3.57. The highest BCUT2D eigenvalue weighted by Crippen LogP contribution is 1.89. The maximum atomic E-state index is 8.59. The van der Waals surface area contributed by atoms with E-state index in [4.69, 9.17) is 10.5 Å². The molecule has 0 spiro atoms. The van der Waals surface area contributed by atoms with E-state index in [1.54, 1.807) is 22.6 Å². The lowest BCUT2D eigenvalue weighted by atomic mass is 10.4. The lowest BCUT2D eigenvalue weighted by molar-refractivity contribution is 0.265. The van der Waals surface area contributed by atoms with Gasteiger partial charge in [0.1, 0.15) is 0 Å². The van der Waals surface area contributed by atoms with Crippen molar-refractivity contribution in [2.75, 3.05) is 0 Å². The van der Waals surface area contributed by atoms with Crippen molar-refractivity contribution in [2.24, 2.45) is 0 Å². The van der Waals surface area contributed by atoms with Gasteiger partial charge in [-0.25, -0.2) is 0 Å². The van der Waals surface area contributed by atoms with Gasteiger partial charge in [0.05, 0.1) is 5.84 Å². The summed E-state index contributed by atoms with van der Waals surface area (Å²) in [6.45, 7) is 1.86. The second-order valence-corrected chi connectivity index (χ2v) is 2.49. The maximum Gasteiger partial charge on any atom is 0.178 e. The average Bonchev–Trinajstić information content (AvgIpc) is 1.65. The van der Waals surface area contributed by atoms with Crippen molar-refractivity contribution in [1.29, 1.82) is 5.41 Å². The summed E-state index contributed by atoms with van der Waals surface area (Å²) in [5.41, 5.74) is 0. The van der Waals surface area contributed by atoms with Gasteiger partial charge in [-0.1, -0.05) is 6.92 Å². The van der Waals surface area contributed by atoms with E-state index in [0.29, 0.717) is 12.3 Å². The molecule has 0 fully saturated rings. The van der Waals surface area contributed by atoms with Crippen LogP contribution in [-0.2, 0) is 0 Å². The van der Waals surface area contributed by atoms with Crippen molar-refractivity contribution in [3.05, 3.63) is 0 Å². The van der Waals surface area contributed by atoms with E-state index < -0.39 is 4.23 Å². The van der Waals surface area contributed by atoms with Gasteiger partial charge in [0, 0.05) is 6.42 Å². The highest BCUT2D eigenvalue weighted by atomic mass is 127. The van der Waals surface area contributed by atoms with E-state index in [9.17, 15) is 0 Å². The lowest BCUT2D eigenvalue weighted by Crippen LogP contribution is -2.28. The summed E-state index contributed by atoms with van der Waals surface area (Å²) in [7, 11) is 0. The normalized spacial score (nSPS) is 12.9. The van der Waals surface area contributed by atoms with Gasteiger partial charge >= 0.3 is 0 Å².